The lowest BCUT2D eigenvalue weighted by Gasteiger charge is -2.22. The molecule has 168 valence electrons. The summed E-state index contributed by atoms with van der Waals surface area (Å²) in [7, 11) is 1.64. The van der Waals surface area contributed by atoms with Gasteiger partial charge in [0.1, 0.15) is 5.75 Å². The summed E-state index contributed by atoms with van der Waals surface area (Å²) in [5.41, 5.74) is 1.42. The number of non-ortho nitro benzene ring substituents is 1. The minimum atomic E-state index is -2.88. The van der Waals surface area contributed by atoms with E-state index >= 15 is 0 Å². The summed E-state index contributed by atoms with van der Waals surface area (Å²) < 4.78 is 30.0. The van der Waals surface area contributed by atoms with Gasteiger partial charge in [-0.3, -0.25) is 15.1 Å². The zero-order valence-corrected chi connectivity index (χ0v) is 19.2. The average molecular weight is 547 g/mol. The molecule has 0 saturated carbocycles. The van der Waals surface area contributed by atoms with E-state index in [9.17, 15) is 18.9 Å². The maximum absolute atomic E-state index is 12.7. The molecule has 1 aliphatic heterocycles. The van der Waals surface area contributed by atoms with Crippen molar-refractivity contribution in [1.82, 2.24) is 10.6 Å². The molecule has 1 saturated heterocycles. The van der Waals surface area contributed by atoms with E-state index in [4.69, 9.17) is 0 Å². The van der Waals surface area contributed by atoms with Crippen LogP contribution in [0.5, 0.6) is 5.75 Å². The maximum Gasteiger partial charge on any atom is 0.387 e. The molecule has 8 nitrogen and oxygen atoms in total. The summed E-state index contributed by atoms with van der Waals surface area (Å²) in [6.07, 6.45) is 0.792. The van der Waals surface area contributed by atoms with Gasteiger partial charge in [-0.15, -0.1) is 24.0 Å². The van der Waals surface area contributed by atoms with Crippen molar-refractivity contribution in [2.24, 2.45) is 4.99 Å². The van der Waals surface area contributed by atoms with Gasteiger partial charge in [0.15, 0.2) is 5.96 Å². The summed E-state index contributed by atoms with van der Waals surface area (Å²) in [5, 5.41) is 17.4. The Morgan fingerprint density at radius 3 is 2.81 bits per heavy atom. The van der Waals surface area contributed by atoms with Crippen LogP contribution in [0.25, 0.3) is 0 Å². The van der Waals surface area contributed by atoms with Gasteiger partial charge in [0.05, 0.1) is 10.6 Å². The highest BCUT2D eigenvalue weighted by Crippen LogP contribution is 2.31. The van der Waals surface area contributed by atoms with Crippen LogP contribution >= 0.6 is 24.0 Å². The molecule has 1 atom stereocenters. The van der Waals surface area contributed by atoms with Gasteiger partial charge in [0.25, 0.3) is 5.69 Å². The van der Waals surface area contributed by atoms with Crippen molar-refractivity contribution in [3.8, 4) is 5.75 Å². The van der Waals surface area contributed by atoms with E-state index in [1.54, 1.807) is 37.4 Å². The lowest BCUT2D eigenvalue weighted by Crippen LogP contribution is -2.44. The molecular weight excluding hydrogens is 523 g/mol. The number of nitrogens with one attached hydrogen (secondary N) is 2. The molecule has 1 fully saturated rings. The number of nitrogens with zero attached hydrogens (tertiary/aromatic N) is 3. The third-order valence-corrected chi connectivity index (χ3v) is 4.76. The van der Waals surface area contributed by atoms with Crippen molar-refractivity contribution < 1.29 is 18.4 Å². The molecule has 0 amide bonds. The zero-order chi connectivity index (χ0) is 21.5. The van der Waals surface area contributed by atoms with Gasteiger partial charge in [-0.2, -0.15) is 8.78 Å². The maximum atomic E-state index is 12.7. The first-order valence-electron chi connectivity index (χ1n) is 9.45. The van der Waals surface area contributed by atoms with Crippen molar-refractivity contribution >= 4 is 41.3 Å². The molecule has 0 aromatic heterocycles. The summed E-state index contributed by atoms with van der Waals surface area (Å²) in [6.45, 7) is -1.22. The number of guanidine groups is 1. The number of halogens is 3. The number of benzene rings is 2. The smallest absolute Gasteiger partial charge is 0.387 e. The van der Waals surface area contributed by atoms with Crippen LogP contribution in [-0.4, -0.2) is 43.7 Å². The molecule has 0 spiro atoms. The van der Waals surface area contributed by atoms with Gasteiger partial charge in [0, 0.05) is 44.9 Å². The van der Waals surface area contributed by atoms with E-state index < -0.39 is 11.5 Å². The molecule has 1 heterocycles. The largest absolute Gasteiger partial charge is 0.433 e. The van der Waals surface area contributed by atoms with E-state index in [1.165, 1.54) is 18.2 Å². The molecule has 11 heteroatoms. The second-order valence-corrected chi connectivity index (χ2v) is 6.77. The number of para-hydroxylation sites is 2. The van der Waals surface area contributed by atoms with Crippen molar-refractivity contribution in [3.05, 3.63) is 64.2 Å². The van der Waals surface area contributed by atoms with Crippen LogP contribution < -0.4 is 20.3 Å². The van der Waals surface area contributed by atoms with E-state index in [2.05, 4.69) is 20.4 Å². The third kappa shape index (κ3) is 6.91. The second kappa shape index (κ2) is 11.6. The molecular formula is C20H24F2IN5O3. The molecule has 0 aliphatic carbocycles. The Morgan fingerprint density at radius 2 is 2.10 bits per heavy atom. The summed E-state index contributed by atoms with van der Waals surface area (Å²) in [5.74, 6) is 0.715. The van der Waals surface area contributed by atoms with Crippen molar-refractivity contribution in [3.63, 3.8) is 0 Å². The van der Waals surface area contributed by atoms with Crippen molar-refractivity contribution in [2.75, 3.05) is 25.0 Å². The van der Waals surface area contributed by atoms with Crippen LogP contribution in [0.15, 0.2) is 53.5 Å². The zero-order valence-electron chi connectivity index (χ0n) is 16.8. The first kappa shape index (κ1) is 24.6. The summed E-state index contributed by atoms with van der Waals surface area (Å²) >= 11 is 0. The summed E-state index contributed by atoms with van der Waals surface area (Å²) in [6, 6.07) is 13.2. The number of ether oxygens (including phenoxy) is 1. The number of aliphatic imine (C=N–C) groups is 1. The molecule has 2 N–H and O–H groups in total. The fraction of sp³-hybridized carbons (Fsp3) is 0.350. The number of hydrogen-bond acceptors (Lipinski definition) is 5. The standard InChI is InChI=1S/C20H23F2N5O3.HI/c1-23-20(24-12-14-5-4-6-16(11-14)27(28)29)25-15-9-10-26(13-15)17-7-2-3-8-18(17)30-19(21)22;/h2-8,11,15,19H,9-10,12-13H2,1H3,(H2,23,24,25);1H. The predicted octanol–water partition coefficient (Wildman–Crippen LogP) is 3.76. The van der Waals surface area contributed by atoms with E-state index in [-0.39, 0.29) is 41.5 Å². The number of hydrogen-bond donors (Lipinski definition) is 2. The Bertz CT molecular complexity index is 916. The van der Waals surface area contributed by atoms with E-state index in [1.807, 2.05) is 4.90 Å². The van der Waals surface area contributed by atoms with Gasteiger partial charge in [0.2, 0.25) is 0 Å². The molecule has 0 radical (unpaired) electrons. The Kier molecular flexibility index (Phi) is 9.21. The highest BCUT2D eigenvalue weighted by atomic mass is 127. The SMILES string of the molecule is CN=C(NCc1cccc([N+](=O)[O-])c1)NC1CCN(c2ccccc2OC(F)F)C1.I. The van der Waals surface area contributed by atoms with Crippen LogP contribution in [0.3, 0.4) is 0 Å². The van der Waals surface area contributed by atoms with Gasteiger partial charge in [-0.05, 0) is 24.1 Å². The third-order valence-electron chi connectivity index (χ3n) is 4.76. The fourth-order valence-electron chi connectivity index (χ4n) is 3.36. The number of alkyl halides is 2. The molecule has 3 rings (SSSR count). The lowest BCUT2D eigenvalue weighted by atomic mass is 10.2. The minimum absolute atomic E-state index is 0. The highest BCUT2D eigenvalue weighted by molar-refractivity contribution is 14.0. The van der Waals surface area contributed by atoms with E-state index in [0.29, 0.717) is 31.3 Å². The monoisotopic (exact) mass is 547 g/mol. The Balaban J connectivity index is 0.00000341. The van der Waals surface area contributed by atoms with Crippen molar-refractivity contribution in [2.45, 2.75) is 25.6 Å². The Morgan fingerprint density at radius 1 is 1.32 bits per heavy atom. The van der Waals surface area contributed by atoms with Crippen molar-refractivity contribution in [1.29, 1.82) is 0 Å². The fourth-order valence-corrected chi connectivity index (χ4v) is 3.36. The average Bonchev–Trinajstić information content (AvgIpc) is 3.19. The minimum Gasteiger partial charge on any atom is -0.433 e. The van der Waals surface area contributed by atoms with Crippen LogP contribution in [0, 0.1) is 10.1 Å². The first-order chi connectivity index (χ1) is 14.5. The Hall–Kier alpha value is -2.70. The lowest BCUT2D eigenvalue weighted by molar-refractivity contribution is -0.384. The quantitative estimate of drug-likeness (QED) is 0.181. The molecule has 2 aromatic rings. The van der Waals surface area contributed by atoms with Crippen LogP contribution in [0.1, 0.15) is 12.0 Å². The van der Waals surface area contributed by atoms with Crippen LogP contribution in [0.2, 0.25) is 0 Å². The topological polar surface area (TPSA) is 92.0 Å². The predicted molar refractivity (Wildman–Crippen MR) is 126 cm³/mol. The molecule has 1 unspecified atom stereocenters. The second-order valence-electron chi connectivity index (χ2n) is 6.77. The normalized spacial score (nSPS) is 16.1. The number of rotatable bonds is 7. The van der Waals surface area contributed by atoms with Gasteiger partial charge in [-0.1, -0.05) is 24.3 Å². The van der Waals surface area contributed by atoms with Gasteiger partial charge < -0.3 is 20.3 Å². The van der Waals surface area contributed by atoms with Gasteiger partial charge in [-0.25, -0.2) is 0 Å². The molecule has 2 aromatic carbocycles. The van der Waals surface area contributed by atoms with E-state index in [0.717, 1.165) is 12.0 Å². The first-order valence-corrected chi connectivity index (χ1v) is 9.45. The van der Waals surface area contributed by atoms with Crippen LogP contribution in [-0.2, 0) is 6.54 Å². The highest BCUT2D eigenvalue weighted by Gasteiger charge is 2.26. The summed E-state index contributed by atoms with van der Waals surface area (Å²) in [4.78, 5) is 16.7. The number of nitro benzene ring substituents is 1. The van der Waals surface area contributed by atoms with Gasteiger partial charge >= 0.3 is 6.61 Å². The number of anilines is 1. The molecule has 1 aliphatic rings. The number of nitro groups is 1. The van der Waals surface area contributed by atoms with Crippen LogP contribution in [0.4, 0.5) is 20.2 Å². The Labute approximate surface area is 195 Å². The molecule has 31 heavy (non-hydrogen) atoms. The molecule has 0 bridgehead atoms.